The number of aromatic nitrogens is 4. The number of fused-ring (bicyclic) bond motifs is 1. The Balaban J connectivity index is 1.69. The Morgan fingerprint density at radius 3 is 2.36 bits per heavy atom. The van der Waals surface area contributed by atoms with Crippen molar-refractivity contribution in [2.45, 2.75) is 49.8 Å². The van der Waals surface area contributed by atoms with Crippen LogP contribution in [0.2, 0.25) is 0 Å². The van der Waals surface area contributed by atoms with Crippen LogP contribution in [0.4, 0.5) is 36.3 Å². The van der Waals surface area contributed by atoms with Crippen LogP contribution < -0.4 is 19.5 Å². The molecule has 4 rings (SSSR count). The number of halogens is 6. The standard InChI is InChI=1S/C25H24F6N6O6S2/c1-5-42-16-8-13(6-7-14(16)24(26,27)28)15-9-18(25(29,30)31)37-19(34-15)17(10-32-37)43-22(39)35-21-33-12(2)20(44-21)45(40,41)36-23(3,4)11-38/h6-10,36,38H,5,11H2,1-4H3,(H,33,35,39). The predicted octanol–water partition coefficient (Wildman–Crippen LogP) is 5.26. The fraction of sp³-hybridized carbons (Fsp3) is 0.360. The van der Waals surface area contributed by atoms with Crippen LogP contribution in [0.1, 0.15) is 37.7 Å². The third-order valence-electron chi connectivity index (χ3n) is 5.83. The van der Waals surface area contributed by atoms with E-state index in [9.17, 15) is 44.7 Å². The van der Waals surface area contributed by atoms with Crippen LogP contribution in [0.15, 0.2) is 34.7 Å². The lowest BCUT2D eigenvalue weighted by Crippen LogP contribution is -2.46. The van der Waals surface area contributed by atoms with Crippen molar-refractivity contribution < 1.29 is 54.1 Å². The van der Waals surface area contributed by atoms with Crippen molar-refractivity contribution in [3.05, 3.63) is 47.4 Å². The zero-order chi connectivity index (χ0) is 33.5. The first-order valence-corrected chi connectivity index (χ1v) is 15.0. The molecule has 45 heavy (non-hydrogen) atoms. The van der Waals surface area contributed by atoms with Crippen molar-refractivity contribution in [1.29, 1.82) is 0 Å². The highest BCUT2D eigenvalue weighted by Crippen LogP contribution is 2.40. The van der Waals surface area contributed by atoms with E-state index in [0.717, 1.165) is 18.3 Å². The van der Waals surface area contributed by atoms with Gasteiger partial charge in [0, 0.05) is 5.56 Å². The second kappa shape index (κ2) is 12.1. The van der Waals surface area contributed by atoms with Gasteiger partial charge in [0.15, 0.2) is 26.4 Å². The summed E-state index contributed by atoms with van der Waals surface area (Å²) in [5.41, 5.74) is -4.94. The average molecular weight is 683 g/mol. The van der Waals surface area contributed by atoms with Crippen molar-refractivity contribution >= 4 is 38.2 Å². The van der Waals surface area contributed by atoms with Gasteiger partial charge in [-0.15, -0.1) is 0 Å². The zero-order valence-electron chi connectivity index (χ0n) is 23.7. The Kier molecular flexibility index (Phi) is 9.08. The third kappa shape index (κ3) is 7.45. The van der Waals surface area contributed by atoms with Gasteiger partial charge in [0.2, 0.25) is 0 Å². The first-order chi connectivity index (χ1) is 20.8. The number of anilines is 1. The van der Waals surface area contributed by atoms with E-state index in [1.54, 1.807) is 0 Å². The van der Waals surface area contributed by atoms with Crippen LogP contribution in [0.25, 0.3) is 16.9 Å². The summed E-state index contributed by atoms with van der Waals surface area (Å²) in [7, 11) is -4.17. The van der Waals surface area contributed by atoms with Gasteiger partial charge in [-0.3, -0.25) is 5.32 Å². The van der Waals surface area contributed by atoms with E-state index < -0.39 is 74.7 Å². The molecular formula is C25H24F6N6O6S2. The van der Waals surface area contributed by atoms with E-state index in [1.807, 2.05) is 0 Å². The number of hydrogen-bond acceptors (Lipinski definition) is 10. The number of amides is 1. The number of rotatable bonds is 9. The maximum atomic E-state index is 14.0. The number of carbonyl (C=O) groups excluding carboxylic acids is 1. The minimum Gasteiger partial charge on any atom is -0.493 e. The summed E-state index contributed by atoms with van der Waals surface area (Å²) >= 11 is 0.544. The highest BCUT2D eigenvalue weighted by molar-refractivity contribution is 7.91. The summed E-state index contributed by atoms with van der Waals surface area (Å²) in [5.74, 6) is -1.19. The SMILES string of the molecule is CCOc1cc(-c2cc(C(F)(F)F)n3ncc(OC(=O)Nc4nc(C)c(S(=O)(=O)NC(C)(C)CO)s4)c3n2)ccc1C(F)(F)F. The molecule has 0 radical (unpaired) electrons. The lowest BCUT2D eigenvalue weighted by atomic mass is 10.1. The van der Waals surface area contributed by atoms with Gasteiger partial charge in [-0.2, -0.15) is 31.4 Å². The number of carbonyl (C=O) groups is 1. The molecule has 3 N–H and O–H groups in total. The van der Waals surface area contributed by atoms with Gasteiger partial charge >= 0.3 is 18.4 Å². The summed E-state index contributed by atoms with van der Waals surface area (Å²) in [6.07, 6.45) is -10.3. The van der Waals surface area contributed by atoms with E-state index in [4.69, 9.17) is 9.47 Å². The summed E-state index contributed by atoms with van der Waals surface area (Å²) in [5, 5.41) is 14.9. The number of sulfonamides is 1. The quantitative estimate of drug-likeness (QED) is 0.201. The van der Waals surface area contributed by atoms with E-state index >= 15 is 0 Å². The molecule has 0 saturated heterocycles. The Morgan fingerprint density at radius 2 is 1.76 bits per heavy atom. The number of benzene rings is 1. The molecule has 0 fully saturated rings. The molecule has 0 aliphatic heterocycles. The van der Waals surface area contributed by atoms with Crippen LogP contribution in [0.3, 0.4) is 0 Å². The topological polar surface area (TPSA) is 157 Å². The minimum atomic E-state index is -5.02. The van der Waals surface area contributed by atoms with Gasteiger partial charge in [-0.25, -0.2) is 32.4 Å². The smallest absolute Gasteiger partial charge is 0.433 e. The molecule has 0 saturated carbocycles. The molecule has 1 amide bonds. The minimum absolute atomic E-state index is 0.00314. The van der Waals surface area contributed by atoms with Crippen molar-refractivity contribution in [3.8, 4) is 22.8 Å². The molecule has 0 spiro atoms. The fourth-order valence-electron chi connectivity index (χ4n) is 3.90. The Hall–Kier alpha value is -4.01. The monoisotopic (exact) mass is 682 g/mol. The highest BCUT2D eigenvalue weighted by atomic mass is 32.2. The van der Waals surface area contributed by atoms with E-state index in [2.05, 4.69) is 25.1 Å². The maximum Gasteiger partial charge on any atom is 0.433 e. The molecule has 0 aliphatic carbocycles. The van der Waals surface area contributed by atoms with Crippen molar-refractivity contribution in [3.63, 3.8) is 0 Å². The van der Waals surface area contributed by atoms with Crippen LogP contribution in [0.5, 0.6) is 11.5 Å². The number of alkyl halides is 6. The lowest BCUT2D eigenvalue weighted by Gasteiger charge is -2.22. The van der Waals surface area contributed by atoms with Gasteiger partial charge in [0.25, 0.3) is 10.0 Å². The lowest BCUT2D eigenvalue weighted by molar-refractivity contribution is -0.142. The Labute approximate surface area is 255 Å². The van der Waals surface area contributed by atoms with Gasteiger partial charge in [0.1, 0.15) is 5.75 Å². The number of thiazole rings is 1. The van der Waals surface area contributed by atoms with Crippen molar-refractivity contribution in [2.75, 3.05) is 18.5 Å². The predicted molar refractivity (Wildman–Crippen MR) is 148 cm³/mol. The summed E-state index contributed by atoms with van der Waals surface area (Å²) in [6.45, 7) is 4.98. The van der Waals surface area contributed by atoms with Gasteiger partial charge in [-0.05, 0) is 45.9 Å². The van der Waals surface area contributed by atoms with Crippen LogP contribution in [-0.2, 0) is 22.4 Å². The Bertz CT molecular complexity index is 1850. The molecule has 0 bridgehead atoms. The van der Waals surface area contributed by atoms with Gasteiger partial charge in [-0.1, -0.05) is 17.4 Å². The third-order valence-corrected chi connectivity index (χ3v) is 9.21. The fourth-order valence-corrected chi connectivity index (χ4v) is 6.70. The zero-order valence-corrected chi connectivity index (χ0v) is 25.3. The summed E-state index contributed by atoms with van der Waals surface area (Å²) < 4.78 is 120. The second-order valence-electron chi connectivity index (χ2n) is 9.96. The van der Waals surface area contributed by atoms with Crippen molar-refractivity contribution in [1.82, 2.24) is 24.3 Å². The van der Waals surface area contributed by atoms with Crippen LogP contribution in [-0.4, -0.2) is 58.0 Å². The highest BCUT2D eigenvalue weighted by Gasteiger charge is 2.37. The average Bonchev–Trinajstić information content (AvgIpc) is 3.49. The van der Waals surface area contributed by atoms with Gasteiger partial charge in [0.05, 0.1) is 41.9 Å². The second-order valence-corrected chi connectivity index (χ2v) is 12.8. The molecule has 0 atom stereocenters. The van der Waals surface area contributed by atoms with E-state index in [1.165, 1.54) is 27.7 Å². The van der Waals surface area contributed by atoms with Crippen LogP contribution in [0, 0.1) is 6.92 Å². The number of nitrogens with one attached hydrogen (secondary N) is 2. The molecule has 1 aromatic carbocycles. The number of hydrogen-bond donors (Lipinski definition) is 3. The summed E-state index contributed by atoms with van der Waals surface area (Å²) in [4.78, 5) is 20.7. The Morgan fingerprint density at radius 1 is 1.07 bits per heavy atom. The van der Waals surface area contributed by atoms with Crippen LogP contribution >= 0.6 is 11.3 Å². The first-order valence-electron chi connectivity index (χ1n) is 12.7. The van der Waals surface area contributed by atoms with Gasteiger partial charge < -0.3 is 14.6 Å². The largest absolute Gasteiger partial charge is 0.493 e. The summed E-state index contributed by atoms with van der Waals surface area (Å²) in [6, 6.07) is 3.02. The molecule has 244 valence electrons. The molecular weight excluding hydrogens is 658 g/mol. The van der Waals surface area contributed by atoms with E-state index in [0.29, 0.717) is 28.0 Å². The molecule has 4 aromatic rings. The number of nitrogens with zero attached hydrogens (tertiary/aromatic N) is 4. The molecule has 20 heteroatoms. The number of aliphatic hydroxyl groups is 1. The molecule has 0 aliphatic rings. The number of aliphatic hydroxyl groups excluding tert-OH is 1. The first kappa shape index (κ1) is 33.9. The number of ether oxygens (including phenoxy) is 2. The molecule has 3 aromatic heterocycles. The maximum absolute atomic E-state index is 14.0. The van der Waals surface area contributed by atoms with E-state index in [-0.39, 0.29) is 27.2 Å². The normalized spacial score (nSPS) is 12.9. The molecule has 0 unspecified atom stereocenters. The van der Waals surface area contributed by atoms with Crippen molar-refractivity contribution in [2.24, 2.45) is 0 Å². The number of aryl methyl sites for hydroxylation is 1. The molecule has 12 nitrogen and oxygen atoms in total. The molecule has 3 heterocycles.